The number of esters is 1. The first-order valence-electron chi connectivity index (χ1n) is 7.12. The van der Waals surface area contributed by atoms with Gasteiger partial charge in [0.25, 0.3) is 0 Å². The molecule has 0 unspecified atom stereocenters. The van der Waals surface area contributed by atoms with Crippen molar-refractivity contribution in [1.82, 2.24) is 4.90 Å². The van der Waals surface area contributed by atoms with E-state index >= 15 is 0 Å². The van der Waals surface area contributed by atoms with Crippen LogP contribution in [0.5, 0.6) is 0 Å². The van der Waals surface area contributed by atoms with Crippen LogP contribution in [-0.2, 0) is 4.74 Å². The first-order valence-corrected chi connectivity index (χ1v) is 7.12. The summed E-state index contributed by atoms with van der Waals surface area (Å²) < 4.78 is 4.96. The number of hydrogen-bond donors (Lipinski definition) is 2. The quantitative estimate of drug-likeness (QED) is 0.650. The van der Waals surface area contributed by atoms with Gasteiger partial charge in [0.15, 0.2) is 0 Å². The molecule has 5 nitrogen and oxygen atoms in total. The number of nitrogens with zero attached hydrogens (tertiary/aromatic N) is 1. The molecule has 0 spiro atoms. The number of nitrogen functional groups attached to an aromatic ring is 1. The molecule has 20 heavy (non-hydrogen) atoms. The molecule has 0 atom stereocenters. The Hall–Kier alpha value is -1.75. The number of piperidine rings is 1. The minimum absolute atomic E-state index is 0.329. The first kappa shape index (κ1) is 14.7. The number of anilines is 2. The molecule has 0 aliphatic carbocycles. The van der Waals surface area contributed by atoms with Crippen molar-refractivity contribution in [3.8, 4) is 0 Å². The second-order valence-corrected chi connectivity index (χ2v) is 5.24. The van der Waals surface area contributed by atoms with Crippen LogP contribution in [0.2, 0.25) is 0 Å². The molecule has 3 N–H and O–H groups in total. The van der Waals surface area contributed by atoms with Crippen molar-refractivity contribution in [3.05, 3.63) is 23.8 Å². The number of benzene rings is 1. The zero-order valence-electron chi connectivity index (χ0n) is 12.2. The average Bonchev–Trinajstić information content (AvgIpc) is 2.43. The number of nitrogens with one attached hydrogen (secondary N) is 1. The van der Waals surface area contributed by atoms with Crippen molar-refractivity contribution in [1.29, 1.82) is 0 Å². The van der Waals surface area contributed by atoms with Crippen molar-refractivity contribution in [2.75, 3.05) is 37.8 Å². The van der Waals surface area contributed by atoms with E-state index in [4.69, 9.17) is 10.5 Å². The predicted octanol–water partition coefficient (Wildman–Crippen LogP) is 1.95. The Kier molecular flexibility index (Phi) is 4.84. The molecule has 0 amide bonds. The van der Waals surface area contributed by atoms with Crippen molar-refractivity contribution in [2.45, 2.75) is 25.8 Å². The summed E-state index contributed by atoms with van der Waals surface area (Å²) in [4.78, 5) is 14.0. The lowest BCUT2D eigenvalue weighted by Crippen LogP contribution is -2.36. The summed E-state index contributed by atoms with van der Waals surface area (Å²) >= 11 is 0. The SMILES string of the molecule is CCOC(=O)c1ccc(NC2CCN(C)CC2)c(N)c1. The maximum atomic E-state index is 11.6. The highest BCUT2D eigenvalue weighted by molar-refractivity contribution is 5.91. The fourth-order valence-electron chi connectivity index (χ4n) is 2.41. The number of carbonyl (C=O) groups is 1. The molecule has 110 valence electrons. The summed E-state index contributed by atoms with van der Waals surface area (Å²) in [7, 11) is 2.14. The molecule has 0 aromatic heterocycles. The maximum absolute atomic E-state index is 11.6. The van der Waals surface area contributed by atoms with E-state index in [9.17, 15) is 4.79 Å². The normalized spacial score (nSPS) is 16.9. The van der Waals surface area contributed by atoms with Gasteiger partial charge >= 0.3 is 5.97 Å². The number of ether oxygens (including phenoxy) is 1. The third kappa shape index (κ3) is 3.63. The Bertz CT molecular complexity index is 468. The first-order chi connectivity index (χ1) is 9.60. The van der Waals surface area contributed by atoms with E-state index in [-0.39, 0.29) is 5.97 Å². The molecule has 1 aromatic rings. The Morgan fingerprint density at radius 3 is 2.75 bits per heavy atom. The van der Waals surface area contributed by atoms with Crippen LogP contribution in [-0.4, -0.2) is 43.7 Å². The molecule has 5 heteroatoms. The van der Waals surface area contributed by atoms with E-state index in [1.165, 1.54) is 0 Å². The van der Waals surface area contributed by atoms with Crippen molar-refractivity contribution >= 4 is 17.3 Å². The van der Waals surface area contributed by atoms with Gasteiger partial charge in [-0.25, -0.2) is 4.79 Å². The van der Waals surface area contributed by atoms with Gasteiger partial charge in [0.2, 0.25) is 0 Å². The molecule has 1 fully saturated rings. The van der Waals surface area contributed by atoms with Crippen molar-refractivity contribution < 1.29 is 9.53 Å². The van der Waals surface area contributed by atoms with E-state index < -0.39 is 0 Å². The Morgan fingerprint density at radius 2 is 2.15 bits per heavy atom. The highest BCUT2D eigenvalue weighted by atomic mass is 16.5. The minimum Gasteiger partial charge on any atom is -0.462 e. The van der Waals surface area contributed by atoms with Crippen LogP contribution in [0.3, 0.4) is 0 Å². The average molecular weight is 277 g/mol. The van der Waals surface area contributed by atoms with Gasteiger partial charge in [-0.1, -0.05) is 0 Å². The van der Waals surface area contributed by atoms with Crippen LogP contribution in [0.4, 0.5) is 11.4 Å². The molecule has 0 radical (unpaired) electrons. The summed E-state index contributed by atoms with van der Waals surface area (Å²) in [5.74, 6) is -0.329. The van der Waals surface area contributed by atoms with Gasteiger partial charge in [-0.05, 0) is 58.1 Å². The molecular weight excluding hydrogens is 254 g/mol. The van der Waals surface area contributed by atoms with Gasteiger partial charge < -0.3 is 20.7 Å². The molecule has 1 aliphatic rings. The molecule has 0 saturated carbocycles. The lowest BCUT2D eigenvalue weighted by molar-refractivity contribution is 0.0526. The van der Waals surface area contributed by atoms with E-state index in [1.54, 1.807) is 19.1 Å². The van der Waals surface area contributed by atoms with E-state index in [0.717, 1.165) is 31.6 Å². The summed E-state index contributed by atoms with van der Waals surface area (Å²) in [6.45, 7) is 4.35. The highest BCUT2D eigenvalue weighted by Gasteiger charge is 2.17. The zero-order chi connectivity index (χ0) is 14.5. The smallest absolute Gasteiger partial charge is 0.338 e. The second kappa shape index (κ2) is 6.61. The topological polar surface area (TPSA) is 67.6 Å². The number of nitrogens with two attached hydrogens (primary N) is 1. The molecular formula is C15H23N3O2. The largest absolute Gasteiger partial charge is 0.462 e. The lowest BCUT2D eigenvalue weighted by atomic mass is 10.0. The Labute approximate surface area is 120 Å². The fraction of sp³-hybridized carbons (Fsp3) is 0.533. The molecule has 2 rings (SSSR count). The Morgan fingerprint density at radius 1 is 1.45 bits per heavy atom. The van der Waals surface area contributed by atoms with Crippen LogP contribution >= 0.6 is 0 Å². The summed E-state index contributed by atoms with van der Waals surface area (Å²) in [6.07, 6.45) is 2.21. The van der Waals surface area contributed by atoms with Crippen LogP contribution in [0.15, 0.2) is 18.2 Å². The number of likely N-dealkylation sites (tertiary alicyclic amines) is 1. The highest BCUT2D eigenvalue weighted by Crippen LogP contribution is 2.23. The predicted molar refractivity (Wildman–Crippen MR) is 81.0 cm³/mol. The standard InChI is InChI=1S/C15H23N3O2/c1-3-20-15(19)11-4-5-14(13(16)10-11)17-12-6-8-18(2)9-7-12/h4-5,10,12,17H,3,6-9,16H2,1-2H3. The monoisotopic (exact) mass is 277 g/mol. The van der Waals surface area contributed by atoms with Gasteiger partial charge in [0.05, 0.1) is 23.5 Å². The number of carbonyl (C=O) groups excluding carboxylic acids is 1. The fourth-order valence-corrected chi connectivity index (χ4v) is 2.41. The van der Waals surface area contributed by atoms with Gasteiger partial charge in [0, 0.05) is 6.04 Å². The molecule has 1 heterocycles. The third-order valence-corrected chi connectivity index (χ3v) is 3.64. The summed E-state index contributed by atoms with van der Waals surface area (Å²) in [5.41, 5.74) is 8.01. The number of rotatable bonds is 4. The van der Waals surface area contributed by atoms with Gasteiger partial charge in [-0.15, -0.1) is 0 Å². The van der Waals surface area contributed by atoms with E-state index in [2.05, 4.69) is 17.3 Å². The molecule has 1 aliphatic heterocycles. The number of hydrogen-bond acceptors (Lipinski definition) is 5. The maximum Gasteiger partial charge on any atom is 0.338 e. The van der Waals surface area contributed by atoms with Gasteiger partial charge in [-0.2, -0.15) is 0 Å². The molecule has 1 saturated heterocycles. The zero-order valence-corrected chi connectivity index (χ0v) is 12.2. The van der Waals surface area contributed by atoms with Gasteiger partial charge in [0.1, 0.15) is 0 Å². The Balaban J connectivity index is 2.00. The van der Waals surface area contributed by atoms with Crippen LogP contribution in [0, 0.1) is 0 Å². The van der Waals surface area contributed by atoms with Crippen molar-refractivity contribution in [3.63, 3.8) is 0 Å². The minimum atomic E-state index is -0.329. The molecule has 0 bridgehead atoms. The third-order valence-electron chi connectivity index (χ3n) is 3.64. The van der Waals surface area contributed by atoms with Gasteiger partial charge in [-0.3, -0.25) is 0 Å². The van der Waals surface area contributed by atoms with Crippen LogP contribution in [0.25, 0.3) is 0 Å². The van der Waals surface area contributed by atoms with Crippen LogP contribution in [0.1, 0.15) is 30.1 Å². The van der Waals surface area contributed by atoms with Crippen molar-refractivity contribution in [2.24, 2.45) is 0 Å². The second-order valence-electron chi connectivity index (χ2n) is 5.24. The van der Waals surface area contributed by atoms with Crippen LogP contribution < -0.4 is 11.1 Å². The van der Waals surface area contributed by atoms with E-state index in [0.29, 0.717) is 23.9 Å². The van der Waals surface area contributed by atoms with E-state index in [1.807, 2.05) is 6.07 Å². The molecule has 1 aromatic carbocycles. The summed E-state index contributed by atoms with van der Waals surface area (Å²) in [5, 5.41) is 3.46. The lowest BCUT2D eigenvalue weighted by Gasteiger charge is -2.30. The summed E-state index contributed by atoms with van der Waals surface area (Å²) in [6, 6.07) is 5.74.